The zero-order valence-electron chi connectivity index (χ0n) is 16.7. The average molecular weight is 411 g/mol. The number of nitrogens with zero attached hydrogens (tertiary/aromatic N) is 3. The van der Waals surface area contributed by atoms with Gasteiger partial charge in [-0.2, -0.15) is 0 Å². The van der Waals surface area contributed by atoms with Gasteiger partial charge in [-0.15, -0.1) is 0 Å². The van der Waals surface area contributed by atoms with Gasteiger partial charge in [-0.05, 0) is 36.8 Å². The first-order valence-corrected chi connectivity index (χ1v) is 9.63. The van der Waals surface area contributed by atoms with Crippen molar-refractivity contribution >= 4 is 23.2 Å². The molecule has 2 heterocycles. The van der Waals surface area contributed by atoms with E-state index in [1.165, 1.54) is 11.9 Å². The number of aromatic nitrogens is 1. The Balaban J connectivity index is 1.71. The normalized spacial score (nSPS) is 16.6. The van der Waals surface area contributed by atoms with Gasteiger partial charge in [-0.25, -0.2) is 0 Å². The van der Waals surface area contributed by atoms with Crippen molar-refractivity contribution in [1.82, 2.24) is 15.2 Å². The fourth-order valence-electron chi connectivity index (χ4n) is 3.26. The Labute approximate surface area is 174 Å². The Morgan fingerprint density at radius 2 is 2.23 bits per heavy atom. The molecule has 1 aliphatic rings. The first-order valence-electron chi connectivity index (χ1n) is 9.63. The number of amides is 2. The molecule has 0 aliphatic carbocycles. The standard InChI is InChI=1S/C21H25N5O4/c1-23-19(20(28)25-18-7-9-26(10-11-27)21(18)29)16-12-15(5-6-17(16)22)30-13-14-4-2-3-8-24-14/h2-6,8,12,18,27H,7,9-11,13,22H2,1H3,(H,25,28)/t18-/m0/s1. The number of aliphatic imine (C=N–C) groups is 1. The minimum absolute atomic E-state index is 0.115. The fraction of sp³-hybridized carbons (Fsp3) is 0.333. The first kappa shape index (κ1) is 21.3. The molecule has 1 fully saturated rings. The van der Waals surface area contributed by atoms with Gasteiger partial charge >= 0.3 is 0 Å². The van der Waals surface area contributed by atoms with Gasteiger partial charge in [0.25, 0.3) is 5.91 Å². The molecule has 2 amide bonds. The summed E-state index contributed by atoms with van der Waals surface area (Å²) < 4.78 is 5.76. The van der Waals surface area contributed by atoms with Crippen molar-refractivity contribution in [2.24, 2.45) is 4.99 Å². The highest BCUT2D eigenvalue weighted by Gasteiger charge is 2.33. The van der Waals surface area contributed by atoms with Crippen LogP contribution in [0.1, 0.15) is 17.7 Å². The second-order valence-corrected chi connectivity index (χ2v) is 6.79. The van der Waals surface area contributed by atoms with Crippen LogP contribution in [0.15, 0.2) is 47.6 Å². The Bertz CT molecular complexity index is 932. The molecular formula is C21H25N5O4. The minimum atomic E-state index is -0.648. The molecule has 2 aromatic rings. The van der Waals surface area contributed by atoms with Gasteiger partial charge in [0.1, 0.15) is 24.1 Å². The molecule has 0 unspecified atom stereocenters. The Kier molecular flexibility index (Phi) is 6.97. The van der Waals surface area contributed by atoms with Crippen molar-refractivity contribution in [2.45, 2.75) is 19.1 Å². The number of rotatable bonds is 8. The van der Waals surface area contributed by atoms with Crippen LogP contribution in [0.5, 0.6) is 5.75 Å². The number of nitrogen functional groups attached to an aromatic ring is 1. The van der Waals surface area contributed by atoms with Gasteiger partial charge in [-0.1, -0.05) is 6.07 Å². The van der Waals surface area contributed by atoms with Crippen LogP contribution in [0.2, 0.25) is 0 Å². The van der Waals surface area contributed by atoms with Gasteiger partial charge in [0.2, 0.25) is 5.91 Å². The topological polar surface area (TPSA) is 130 Å². The number of carbonyl (C=O) groups is 2. The molecule has 1 aliphatic heterocycles. The average Bonchev–Trinajstić information content (AvgIpc) is 3.09. The fourth-order valence-corrected chi connectivity index (χ4v) is 3.26. The number of anilines is 1. The van der Waals surface area contributed by atoms with Crippen molar-refractivity contribution in [3.05, 3.63) is 53.9 Å². The van der Waals surface area contributed by atoms with Crippen LogP contribution in [0, 0.1) is 0 Å². The predicted octanol–water partition coefficient (Wildman–Crippen LogP) is 0.371. The molecule has 1 aromatic carbocycles. The quantitative estimate of drug-likeness (QED) is 0.425. The summed E-state index contributed by atoms with van der Waals surface area (Å²) in [6, 6.07) is 9.90. The van der Waals surface area contributed by atoms with Gasteiger partial charge < -0.3 is 25.8 Å². The van der Waals surface area contributed by atoms with Gasteiger partial charge in [0.05, 0.1) is 12.3 Å². The van der Waals surface area contributed by atoms with Crippen molar-refractivity contribution in [2.75, 3.05) is 32.5 Å². The zero-order valence-corrected chi connectivity index (χ0v) is 16.7. The highest BCUT2D eigenvalue weighted by atomic mass is 16.5. The molecular weight excluding hydrogens is 386 g/mol. The number of nitrogens with two attached hydrogens (primary N) is 1. The van der Waals surface area contributed by atoms with E-state index in [1.54, 1.807) is 24.4 Å². The summed E-state index contributed by atoms with van der Waals surface area (Å²) in [6.07, 6.45) is 2.16. The first-order chi connectivity index (χ1) is 14.5. The summed E-state index contributed by atoms with van der Waals surface area (Å²) in [5.74, 6) is -0.187. The van der Waals surface area contributed by atoms with Crippen LogP contribution < -0.4 is 15.8 Å². The maximum atomic E-state index is 12.8. The Morgan fingerprint density at radius 1 is 1.40 bits per heavy atom. The monoisotopic (exact) mass is 411 g/mol. The third-order valence-electron chi connectivity index (χ3n) is 4.80. The second-order valence-electron chi connectivity index (χ2n) is 6.79. The van der Waals surface area contributed by atoms with E-state index in [-0.39, 0.29) is 31.4 Å². The number of likely N-dealkylation sites (tertiary alicyclic amines) is 1. The lowest BCUT2D eigenvalue weighted by Crippen LogP contribution is -2.45. The molecule has 0 bridgehead atoms. The molecule has 9 nitrogen and oxygen atoms in total. The third kappa shape index (κ3) is 4.93. The van der Waals surface area contributed by atoms with E-state index >= 15 is 0 Å². The van der Waals surface area contributed by atoms with E-state index in [0.717, 1.165) is 5.69 Å². The van der Waals surface area contributed by atoms with E-state index in [1.807, 2.05) is 18.2 Å². The van der Waals surface area contributed by atoms with E-state index < -0.39 is 11.9 Å². The van der Waals surface area contributed by atoms with Crippen LogP contribution >= 0.6 is 0 Å². The number of hydrogen-bond acceptors (Lipinski definition) is 7. The molecule has 4 N–H and O–H groups in total. The molecule has 0 spiro atoms. The molecule has 1 aromatic heterocycles. The van der Waals surface area contributed by atoms with Crippen molar-refractivity contribution in [3.8, 4) is 5.75 Å². The lowest BCUT2D eigenvalue weighted by Gasteiger charge is -2.17. The molecule has 1 saturated heterocycles. The zero-order chi connectivity index (χ0) is 21.5. The summed E-state index contributed by atoms with van der Waals surface area (Å²) in [7, 11) is 1.49. The number of hydrogen-bond donors (Lipinski definition) is 3. The lowest BCUT2D eigenvalue weighted by atomic mass is 10.1. The number of aliphatic hydroxyl groups is 1. The summed E-state index contributed by atoms with van der Waals surface area (Å²) in [6.45, 7) is 0.895. The van der Waals surface area contributed by atoms with Gasteiger partial charge in [0, 0.05) is 37.6 Å². The van der Waals surface area contributed by atoms with Crippen LogP contribution in [-0.4, -0.2) is 65.3 Å². The third-order valence-corrected chi connectivity index (χ3v) is 4.80. The summed E-state index contributed by atoms with van der Waals surface area (Å²) >= 11 is 0. The Morgan fingerprint density at radius 3 is 2.93 bits per heavy atom. The summed E-state index contributed by atoms with van der Waals surface area (Å²) in [5.41, 5.74) is 7.75. The molecule has 1 atom stereocenters. The van der Waals surface area contributed by atoms with Crippen molar-refractivity contribution < 1.29 is 19.4 Å². The maximum Gasteiger partial charge on any atom is 0.270 e. The lowest BCUT2D eigenvalue weighted by molar-refractivity contribution is -0.131. The molecule has 30 heavy (non-hydrogen) atoms. The Hall–Kier alpha value is -3.46. The van der Waals surface area contributed by atoms with E-state index in [4.69, 9.17) is 15.6 Å². The molecule has 0 saturated carbocycles. The summed E-state index contributed by atoms with van der Waals surface area (Å²) in [4.78, 5) is 35.0. The smallest absolute Gasteiger partial charge is 0.270 e. The second kappa shape index (κ2) is 9.84. The number of β-amino-alcohol motifs (C(OH)–C–C–N with tert-alkyl or cyclic N) is 1. The van der Waals surface area contributed by atoms with Crippen LogP contribution in [0.3, 0.4) is 0 Å². The number of pyridine rings is 1. The van der Waals surface area contributed by atoms with Crippen LogP contribution in [-0.2, 0) is 16.2 Å². The largest absolute Gasteiger partial charge is 0.487 e. The highest BCUT2D eigenvalue weighted by molar-refractivity contribution is 6.46. The number of benzene rings is 1. The number of nitrogens with one attached hydrogen (secondary N) is 1. The maximum absolute atomic E-state index is 12.8. The predicted molar refractivity (Wildman–Crippen MR) is 112 cm³/mol. The highest BCUT2D eigenvalue weighted by Crippen LogP contribution is 2.22. The van der Waals surface area contributed by atoms with Gasteiger partial charge in [0.15, 0.2) is 0 Å². The number of aliphatic hydroxyl groups excluding tert-OH is 1. The van der Waals surface area contributed by atoms with E-state index in [9.17, 15) is 9.59 Å². The van der Waals surface area contributed by atoms with E-state index in [0.29, 0.717) is 30.0 Å². The molecule has 3 rings (SSSR count). The number of carbonyl (C=O) groups excluding carboxylic acids is 2. The van der Waals surface area contributed by atoms with Crippen LogP contribution in [0.4, 0.5) is 5.69 Å². The summed E-state index contributed by atoms with van der Waals surface area (Å²) in [5, 5.41) is 11.8. The number of ether oxygens (including phenoxy) is 1. The molecule has 158 valence electrons. The molecule has 0 radical (unpaired) electrons. The SMILES string of the molecule is CN=C(C(=O)N[C@H]1CCN(CCO)C1=O)c1cc(OCc2ccccn2)ccc1N. The van der Waals surface area contributed by atoms with Gasteiger partial charge in [-0.3, -0.25) is 19.6 Å². The molecule has 9 heteroatoms. The minimum Gasteiger partial charge on any atom is -0.487 e. The van der Waals surface area contributed by atoms with E-state index in [2.05, 4.69) is 15.3 Å². The van der Waals surface area contributed by atoms with Crippen molar-refractivity contribution in [1.29, 1.82) is 0 Å². The van der Waals surface area contributed by atoms with Crippen LogP contribution in [0.25, 0.3) is 0 Å². The van der Waals surface area contributed by atoms with Crippen molar-refractivity contribution in [3.63, 3.8) is 0 Å².